The van der Waals surface area contributed by atoms with Gasteiger partial charge in [-0.1, -0.05) is 17.8 Å². The fourth-order valence-electron chi connectivity index (χ4n) is 2.79. The summed E-state index contributed by atoms with van der Waals surface area (Å²) in [5.74, 6) is -3.73. The molecule has 1 aromatic rings. The van der Waals surface area contributed by atoms with Gasteiger partial charge in [-0.15, -0.1) is 23.1 Å². The van der Waals surface area contributed by atoms with Crippen molar-refractivity contribution < 1.29 is 34.2 Å². The first-order valence-corrected chi connectivity index (χ1v) is 10.6. The Bertz CT molecular complexity index is 1030. The van der Waals surface area contributed by atoms with Gasteiger partial charge in [0.25, 0.3) is 11.8 Å². The van der Waals surface area contributed by atoms with E-state index in [9.17, 15) is 24.3 Å². The first kappa shape index (κ1) is 22.3. The van der Waals surface area contributed by atoms with E-state index in [4.69, 9.17) is 15.7 Å². The zero-order chi connectivity index (χ0) is 22.9. The molecule has 164 valence electrons. The molecular formula is C17H17N5O7S2. The van der Waals surface area contributed by atoms with Crippen molar-refractivity contribution in [3.05, 3.63) is 35.0 Å². The molecule has 2 amide bonds. The van der Waals surface area contributed by atoms with Crippen LogP contribution in [0, 0.1) is 0 Å². The van der Waals surface area contributed by atoms with Crippen LogP contribution in [0.3, 0.4) is 0 Å². The Morgan fingerprint density at radius 2 is 2.19 bits per heavy atom. The second-order valence-electron chi connectivity index (χ2n) is 6.34. The lowest BCUT2D eigenvalue weighted by Crippen LogP contribution is -2.71. The van der Waals surface area contributed by atoms with Crippen molar-refractivity contribution in [2.45, 2.75) is 24.4 Å². The summed E-state index contributed by atoms with van der Waals surface area (Å²) in [6.07, 6.45) is 0.0404. The minimum atomic E-state index is -1.34. The number of β-lactam (4-membered cyclic amide) rings is 1. The van der Waals surface area contributed by atoms with Gasteiger partial charge in [0.15, 0.2) is 10.8 Å². The molecule has 0 saturated carbocycles. The van der Waals surface area contributed by atoms with Gasteiger partial charge in [-0.2, -0.15) is 0 Å². The van der Waals surface area contributed by atoms with Gasteiger partial charge >= 0.3 is 11.9 Å². The number of carbonyl (C=O) groups excluding carboxylic acids is 2. The second-order valence-corrected chi connectivity index (χ2v) is 8.34. The summed E-state index contributed by atoms with van der Waals surface area (Å²) in [7, 11) is 0. The Labute approximate surface area is 183 Å². The van der Waals surface area contributed by atoms with Gasteiger partial charge in [0.1, 0.15) is 22.8 Å². The Balaban J connectivity index is 1.82. The number of aliphatic carboxylic acids is 2. The number of oxime groups is 1. The molecule has 0 aliphatic carbocycles. The molecule has 12 nitrogen and oxygen atoms in total. The lowest BCUT2D eigenvalue weighted by atomic mass is 10.0. The van der Waals surface area contributed by atoms with E-state index >= 15 is 0 Å². The van der Waals surface area contributed by atoms with Crippen LogP contribution in [0.1, 0.15) is 12.6 Å². The third kappa shape index (κ3) is 4.25. The van der Waals surface area contributed by atoms with E-state index in [1.807, 2.05) is 0 Å². The van der Waals surface area contributed by atoms with Gasteiger partial charge in [0.05, 0.1) is 0 Å². The Morgan fingerprint density at radius 1 is 1.48 bits per heavy atom. The van der Waals surface area contributed by atoms with Gasteiger partial charge in [-0.3, -0.25) is 14.5 Å². The topological polar surface area (TPSA) is 185 Å². The molecule has 0 radical (unpaired) electrons. The molecule has 2 aliphatic heterocycles. The van der Waals surface area contributed by atoms with E-state index in [1.54, 1.807) is 0 Å². The zero-order valence-corrected chi connectivity index (χ0v) is 17.6. The highest BCUT2D eigenvalue weighted by Crippen LogP contribution is 2.40. The number of aromatic nitrogens is 1. The molecule has 2 aliphatic rings. The summed E-state index contributed by atoms with van der Waals surface area (Å²) in [5.41, 5.74) is 5.50. The van der Waals surface area contributed by atoms with Gasteiger partial charge in [0.2, 0.25) is 6.10 Å². The highest BCUT2D eigenvalue weighted by Gasteiger charge is 2.54. The van der Waals surface area contributed by atoms with Crippen LogP contribution >= 0.6 is 23.1 Å². The van der Waals surface area contributed by atoms with E-state index in [-0.39, 0.29) is 22.2 Å². The maximum atomic E-state index is 12.8. The number of thioether (sulfide) groups is 1. The molecule has 1 fully saturated rings. The van der Waals surface area contributed by atoms with Crippen molar-refractivity contribution in [3.63, 3.8) is 0 Å². The average Bonchev–Trinajstić information content (AvgIpc) is 3.16. The van der Waals surface area contributed by atoms with Crippen molar-refractivity contribution in [2.24, 2.45) is 5.16 Å². The highest BCUT2D eigenvalue weighted by molar-refractivity contribution is 8.00. The molecule has 0 aromatic carbocycles. The molecular weight excluding hydrogens is 450 g/mol. The summed E-state index contributed by atoms with van der Waals surface area (Å²) in [6, 6.07) is -1.02. The number of anilines is 1. The molecule has 3 rings (SSSR count). The summed E-state index contributed by atoms with van der Waals surface area (Å²) in [6.45, 7) is 4.79. The number of hydrogen-bond acceptors (Lipinski definition) is 10. The van der Waals surface area contributed by atoms with Crippen LogP contribution in [-0.2, 0) is 24.0 Å². The normalized spacial score (nSPS) is 21.6. The van der Waals surface area contributed by atoms with E-state index in [1.165, 1.54) is 30.1 Å². The first-order chi connectivity index (χ1) is 14.6. The predicted octanol–water partition coefficient (Wildman–Crippen LogP) is -0.156. The van der Waals surface area contributed by atoms with E-state index < -0.39 is 41.3 Å². The zero-order valence-electron chi connectivity index (χ0n) is 16.0. The number of thiazole rings is 1. The van der Waals surface area contributed by atoms with E-state index in [0.717, 1.165) is 16.2 Å². The molecule has 0 bridgehead atoms. The molecule has 3 atom stereocenters. The predicted molar refractivity (Wildman–Crippen MR) is 111 cm³/mol. The molecule has 2 unspecified atom stereocenters. The number of nitrogens with two attached hydrogens (primary N) is 1. The number of rotatable bonds is 8. The Morgan fingerprint density at radius 3 is 2.74 bits per heavy atom. The number of hydrogen-bond donors (Lipinski definition) is 4. The third-order valence-corrected chi connectivity index (χ3v) is 6.34. The lowest BCUT2D eigenvalue weighted by molar-refractivity contribution is -0.150. The maximum absolute atomic E-state index is 12.8. The van der Waals surface area contributed by atoms with Crippen molar-refractivity contribution >= 4 is 57.7 Å². The fourth-order valence-corrected chi connectivity index (χ4v) is 4.67. The second kappa shape index (κ2) is 8.77. The van der Waals surface area contributed by atoms with Crippen molar-refractivity contribution in [2.75, 3.05) is 11.5 Å². The Kier molecular flexibility index (Phi) is 6.31. The maximum Gasteiger partial charge on any atom is 0.352 e. The summed E-state index contributed by atoms with van der Waals surface area (Å²) in [5, 5.41) is 25.4. The molecule has 1 aromatic heterocycles. The fraction of sp³-hybridized carbons (Fsp3) is 0.294. The number of fused-ring (bicyclic) bond motifs is 1. The number of carboxylic acids is 2. The molecule has 31 heavy (non-hydrogen) atoms. The first-order valence-electron chi connectivity index (χ1n) is 8.68. The third-order valence-electron chi connectivity index (χ3n) is 4.36. The van der Waals surface area contributed by atoms with E-state index in [0.29, 0.717) is 11.3 Å². The van der Waals surface area contributed by atoms with Crippen molar-refractivity contribution in [3.8, 4) is 0 Å². The SMILES string of the molecule is C=CC1=C(C(=O)O)N2C(=O)C(NC(=O)/C(=N/OC(C)C(=O)O)c3csc(N)n3)[C@H]2SC1. The number of allylic oxidation sites excluding steroid dienone is 1. The van der Waals surface area contributed by atoms with Gasteiger partial charge in [-0.25, -0.2) is 14.6 Å². The van der Waals surface area contributed by atoms with Gasteiger partial charge in [0, 0.05) is 11.1 Å². The number of amides is 2. The molecule has 3 heterocycles. The minimum absolute atomic E-state index is 0.0394. The molecule has 0 spiro atoms. The van der Waals surface area contributed by atoms with Crippen molar-refractivity contribution in [1.29, 1.82) is 0 Å². The average molecular weight is 467 g/mol. The minimum Gasteiger partial charge on any atom is -0.478 e. The van der Waals surface area contributed by atoms with Crippen LogP contribution in [0.5, 0.6) is 0 Å². The Hall–Kier alpha value is -3.39. The summed E-state index contributed by atoms with van der Waals surface area (Å²) < 4.78 is 0. The van der Waals surface area contributed by atoms with Crippen LogP contribution in [-0.4, -0.2) is 72.8 Å². The van der Waals surface area contributed by atoms with Gasteiger partial charge in [-0.05, 0) is 12.5 Å². The van der Waals surface area contributed by atoms with Crippen LogP contribution < -0.4 is 11.1 Å². The number of nitrogens with one attached hydrogen (secondary N) is 1. The number of nitrogen functional groups attached to an aromatic ring is 1. The van der Waals surface area contributed by atoms with Crippen LogP contribution in [0.2, 0.25) is 0 Å². The lowest BCUT2D eigenvalue weighted by Gasteiger charge is -2.49. The summed E-state index contributed by atoms with van der Waals surface area (Å²) in [4.78, 5) is 57.9. The van der Waals surface area contributed by atoms with Crippen molar-refractivity contribution in [1.82, 2.24) is 15.2 Å². The number of carbonyl (C=O) groups is 4. The quantitative estimate of drug-likeness (QED) is 0.227. The van der Waals surface area contributed by atoms with Gasteiger partial charge < -0.3 is 26.1 Å². The number of nitrogens with zero attached hydrogens (tertiary/aromatic N) is 3. The van der Waals surface area contributed by atoms with Crippen LogP contribution in [0.4, 0.5) is 5.13 Å². The monoisotopic (exact) mass is 467 g/mol. The smallest absolute Gasteiger partial charge is 0.352 e. The largest absolute Gasteiger partial charge is 0.478 e. The molecule has 14 heteroatoms. The number of carboxylic acid groups (broad SMARTS) is 2. The highest BCUT2D eigenvalue weighted by atomic mass is 32.2. The van der Waals surface area contributed by atoms with Crippen LogP contribution in [0.15, 0.2) is 34.5 Å². The standard InChI is InChI=1S/C17H17N5O7S2/c1-3-7-4-30-14-10(13(24)22(14)11(7)16(27)28)20-12(23)9(8-5-31-17(18)19-8)21-29-6(2)15(25)26/h3,5-6,10,14H,1,4H2,2H3,(H2,18,19)(H,20,23)(H,25,26)(H,27,28)/b21-9+/t6?,10?,14-/m1/s1. The van der Waals surface area contributed by atoms with Crippen LogP contribution in [0.25, 0.3) is 0 Å². The molecule has 1 saturated heterocycles. The van der Waals surface area contributed by atoms with E-state index in [2.05, 4.69) is 22.0 Å². The summed E-state index contributed by atoms with van der Waals surface area (Å²) >= 11 is 2.30. The molecule has 5 N–H and O–H groups in total.